The van der Waals surface area contributed by atoms with E-state index in [1.807, 2.05) is 6.07 Å². The SMILES string of the molecule is CC(C)NCc1cc2cccc(C(=O)O)c2s1. The molecule has 0 fully saturated rings. The van der Waals surface area contributed by atoms with E-state index in [4.69, 9.17) is 5.11 Å². The summed E-state index contributed by atoms with van der Waals surface area (Å²) in [4.78, 5) is 12.3. The van der Waals surface area contributed by atoms with Crippen molar-refractivity contribution in [3.05, 3.63) is 34.7 Å². The van der Waals surface area contributed by atoms with Crippen molar-refractivity contribution in [1.82, 2.24) is 5.32 Å². The number of thiophene rings is 1. The van der Waals surface area contributed by atoms with E-state index in [0.29, 0.717) is 11.6 Å². The number of nitrogens with one attached hydrogen (secondary N) is 1. The van der Waals surface area contributed by atoms with Gasteiger partial charge in [-0.05, 0) is 17.5 Å². The lowest BCUT2D eigenvalue weighted by molar-refractivity contribution is 0.0699. The first kappa shape index (κ1) is 12.1. The lowest BCUT2D eigenvalue weighted by Crippen LogP contribution is -2.21. The van der Waals surface area contributed by atoms with Gasteiger partial charge >= 0.3 is 5.97 Å². The Bertz CT molecular complexity index is 545. The number of hydrogen-bond donors (Lipinski definition) is 2. The van der Waals surface area contributed by atoms with Crippen LogP contribution in [0, 0.1) is 0 Å². The monoisotopic (exact) mass is 249 g/mol. The Hall–Kier alpha value is -1.39. The van der Waals surface area contributed by atoms with Crippen molar-refractivity contribution in [2.45, 2.75) is 26.4 Å². The standard InChI is InChI=1S/C13H15NO2S/c1-8(2)14-7-10-6-9-4-3-5-11(13(15)16)12(9)17-10/h3-6,8,14H,7H2,1-2H3,(H,15,16). The van der Waals surface area contributed by atoms with E-state index < -0.39 is 5.97 Å². The summed E-state index contributed by atoms with van der Waals surface area (Å²) in [6, 6.07) is 7.89. The molecule has 0 spiro atoms. The van der Waals surface area contributed by atoms with Crippen LogP contribution in [-0.2, 0) is 6.54 Å². The van der Waals surface area contributed by atoms with Crippen molar-refractivity contribution < 1.29 is 9.90 Å². The summed E-state index contributed by atoms with van der Waals surface area (Å²) in [5.41, 5.74) is 0.392. The van der Waals surface area contributed by atoms with Gasteiger partial charge in [0.25, 0.3) is 0 Å². The molecule has 4 heteroatoms. The van der Waals surface area contributed by atoms with Gasteiger partial charge < -0.3 is 10.4 Å². The maximum atomic E-state index is 11.1. The number of carbonyl (C=O) groups is 1. The average molecular weight is 249 g/mol. The minimum atomic E-state index is -0.860. The van der Waals surface area contributed by atoms with E-state index >= 15 is 0 Å². The Labute approximate surface area is 104 Å². The highest BCUT2D eigenvalue weighted by molar-refractivity contribution is 7.19. The second kappa shape index (κ2) is 4.85. The predicted molar refractivity (Wildman–Crippen MR) is 70.8 cm³/mol. The van der Waals surface area contributed by atoms with E-state index in [1.165, 1.54) is 4.88 Å². The molecule has 0 atom stereocenters. The first-order valence-corrected chi connectivity index (χ1v) is 6.37. The van der Waals surface area contributed by atoms with Crippen LogP contribution >= 0.6 is 11.3 Å². The maximum Gasteiger partial charge on any atom is 0.337 e. The number of fused-ring (bicyclic) bond motifs is 1. The zero-order chi connectivity index (χ0) is 12.4. The first-order chi connectivity index (χ1) is 8.08. The van der Waals surface area contributed by atoms with Crippen LogP contribution in [0.25, 0.3) is 10.1 Å². The maximum absolute atomic E-state index is 11.1. The Morgan fingerprint density at radius 2 is 2.24 bits per heavy atom. The fraction of sp³-hybridized carbons (Fsp3) is 0.308. The zero-order valence-electron chi connectivity index (χ0n) is 9.86. The lowest BCUT2D eigenvalue weighted by atomic mass is 10.1. The molecular weight excluding hydrogens is 234 g/mol. The topological polar surface area (TPSA) is 49.3 Å². The molecule has 17 heavy (non-hydrogen) atoms. The fourth-order valence-corrected chi connectivity index (χ4v) is 2.79. The molecule has 0 unspecified atom stereocenters. The molecule has 0 aliphatic rings. The van der Waals surface area contributed by atoms with Gasteiger partial charge in [-0.1, -0.05) is 26.0 Å². The Kier molecular flexibility index (Phi) is 3.45. The predicted octanol–water partition coefficient (Wildman–Crippen LogP) is 3.10. The van der Waals surface area contributed by atoms with Gasteiger partial charge in [-0.3, -0.25) is 0 Å². The summed E-state index contributed by atoms with van der Waals surface area (Å²) in [7, 11) is 0. The van der Waals surface area contributed by atoms with Crippen LogP contribution in [0.5, 0.6) is 0 Å². The molecule has 3 nitrogen and oxygen atoms in total. The van der Waals surface area contributed by atoms with E-state index in [1.54, 1.807) is 23.5 Å². The first-order valence-electron chi connectivity index (χ1n) is 5.56. The van der Waals surface area contributed by atoms with Gasteiger partial charge in [-0.2, -0.15) is 0 Å². The van der Waals surface area contributed by atoms with E-state index in [2.05, 4.69) is 25.2 Å². The molecule has 0 saturated carbocycles. The average Bonchev–Trinajstić information content (AvgIpc) is 2.68. The molecule has 2 aromatic rings. The Morgan fingerprint density at radius 3 is 2.88 bits per heavy atom. The third kappa shape index (κ3) is 2.65. The molecule has 0 radical (unpaired) electrons. The number of benzene rings is 1. The van der Waals surface area contributed by atoms with Crippen LogP contribution in [0.15, 0.2) is 24.3 Å². The summed E-state index contributed by atoms with van der Waals surface area (Å²) >= 11 is 1.55. The van der Waals surface area contributed by atoms with Gasteiger partial charge in [0.15, 0.2) is 0 Å². The van der Waals surface area contributed by atoms with Gasteiger partial charge in [-0.25, -0.2) is 4.79 Å². The van der Waals surface area contributed by atoms with Crippen LogP contribution in [0.3, 0.4) is 0 Å². The number of carboxylic acid groups (broad SMARTS) is 1. The number of aromatic carboxylic acids is 1. The molecule has 90 valence electrons. The van der Waals surface area contributed by atoms with E-state index in [9.17, 15) is 4.79 Å². The minimum Gasteiger partial charge on any atom is -0.478 e. The van der Waals surface area contributed by atoms with E-state index in [0.717, 1.165) is 16.6 Å². The quantitative estimate of drug-likeness (QED) is 0.875. The van der Waals surface area contributed by atoms with Crippen molar-refractivity contribution in [2.24, 2.45) is 0 Å². The largest absolute Gasteiger partial charge is 0.478 e. The minimum absolute atomic E-state index is 0.392. The molecule has 0 saturated heterocycles. The molecule has 2 rings (SSSR count). The van der Waals surface area contributed by atoms with Crippen LogP contribution in [-0.4, -0.2) is 17.1 Å². The van der Waals surface area contributed by atoms with Crippen molar-refractivity contribution in [3.63, 3.8) is 0 Å². The molecule has 2 N–H and O–H groups in total. The van der Waals surface area contributed by atoms with Crippen LogP contribution < -0.4 is 5.32 Å². The highest BCUT2D eigenvalue weighted by Crippen LogP contribution is 2.28. The van der Waals surface area contributed by atoms with Crippen molar-refractivity contribution >= 4 is 27.4 Å². The van der Waals surface area contributed by atoms with Gasteiger partial charge in [0, 0.05) is 22.2 Å². The summed E-state index contributed by atoms with van der Waals surface area (Å²) in [5.74, 6) is -0.860. The normalized spacial score (nSPS) is 11.2. The third-order valence-corrected chi connectivity index (χ3v) is 3.69. The number of carboxylic acids is 1. The lowest BCUT2D eigenvalue weighted by Gasteiger charge is -2.04. The van der Waals surface area contributed by atoms with Crippen molar-refractivity contribution in [3.8, 4) is 0 Å². The highest BCUT2D eigenvalue weighted by atomic mass is 32.1. The van der Waals surface area contributed by atoms with Crippen molar-refractivity contribution in [2.75, 3.05) is 0 Å². The Balaban J connectivity index is 2.36. The summed E-state index contributed by atoms with van der Waals surface area (Å²) in [6.07, 6.45) is 0. The molecule has 1 aromatic carbocycles. The molecule has 1 heterocycles. The van der Waals surface area contributed by atoms with Crippen LogP contribution in [0.1, 0.15) is 29.1 Å². The molecule has 0 aliphatic carbocycles. The molecule has 1 aromatic heterocycles. The van der Waals surface area contributed by atoms with Gasteiger partial charge in [-0.15, -0.1) is 11.3 Å². The summed E-state index contributed by atoms with van der Waals surface area (Å²) < 4.78 is 0.862. The zero-order valence-corrected chi connectivity index (χ0v) is 10.7. The second-order valence-electron chi connectivity index (χ2n) is 4.28. The van der Waals surface area contributed by atoms with Gasteiger partial charge in [0.1, 0.15) is 0 Å². The van der Waals surface area contributed by atoms with Gasteiger partial charge in [0.05, 0.1) is 5.56 Å². The highest BCUT2D eigenvalue weighted by Gasteiger charge is 2.11. The van der Waals surface area contributed by atoms with E-state index in [-0.39, 0.29) is 0 Å². The second-order valence-corrected chi connectivity index (χ2v) is 5.41. The number of rotatable bonds is 4. The number of hydrogen-bond acceptors (Lipinski definition) is 3. The van der Waals surface area contributed by atoms with Gasteiger partial charge in [0.2, 0.25) is 0 Å². The smallest absolute Gasteiger partial charge is 0.337 e. The molecular formula is C13H15NO2S. The summed E-state index contributed by atoms with van der Waals surface area (Å²) in [5, 5.41) is 13.4. The van der Waals surface area contributed by atoms with Crippen LogP contribution in [0.4, 0.5) is 0 Å². The molecule has 0 bridgehead atoms. The molecule has 0 amide bonds. The van der Waals surface area contributed by atoms with Crippen LogP contribution in [0.2, 0.25) is 0 Å². The van der Waals surface area contributed by atoms with Crippen molar-refractivity contribution in [1.29, 1.82) is 0 Å². The third-order valence-electron chi connectivity index (χ3n) is 2.51. The molecule has 0 aliphatic heterocycles. The summed E-state index contributed by atoms with van der Waals surface area (Å²) in [6.45, 7) is 4.97. The Morgan fingerprint density at radius 1 is 1.47 bits per heavy atom. The fourth-order valence-electron chi connectivity index (χ4n) is 1.68.